The number of halogens is 4. The minimum atomic E-state index is -4.47. The molecular formula is C24H26F4N8O. The van der Waals surface area contributed by atoms with Gasteiger partial charge in [0, 0.05) is 38.6 Å². The monoisotopic (exact) mass is 518 g/mol. The molecule has 0 unspecified atom stereocenters. The van der Waals surface area contributed by atoms with Crippen molar-refractivity contribution in [3.8, 4) is 0 Å². The maximum absolute atomic E-state index is 14.2. The molecule has 196 valence electrons. The highest BCUT2D eigenvalue weighted by Crippen LogP contribution is 2.35. The Bertz CT molecular complexity index is 1280. The molecule has 0 aliphatic carbocycles. The number of ether oxygens (including phenoxy) is 1. The Labute approximate surface area is 211 Å². The third-order valence-electron chi connectivity index (χ3n) is 5.57. The van der Waals surface area contributed by atoms with Crippen LogP contribution in [-0.4, -0.2) is 61.6 Å². The lowest BCUT2D eigenvalue weighted by molar-refractivity contribution is -0.137. The number of hydrogen-bond acceptors (Lipinski definition) is 9. The fourth-order valence-electron chi connectivity index (χ4n) is 3.60. The molecule has 1 aliphatic heterocycles. The molecule has 9 nitrogen and oxygen atoms in total. The lowest BCUT2D eigenvalue weighted by Crippen LogP contribution is -2.37. The summed E-state index contributed by atoms with van der Waals surface area (Å²) < 4.78 is 59.5. The van der Waals surface area contributed by atoms with Crippen LogP contribution >= 0.6 is 0 Å². The molecule has 37 heavy (non-hydrogen) atoms. The van der Waals surface area contributed by atoms with Crippen molar-refractivity contribution in [1.29, 1.82) is 0 Å². The van der Waals surface area contributed by atoms with Gasteiger partial charge in [0.2, 0.25) is 5.95 Å². The molecule has 0 saturated carbocycles. The number of morpholine rings is 1. The summed E-state index contributed by atoms with van der Waals surface area (Å²) in [5, 5.41) is 7.09. The van der Waals surface area contributed by atoms with Gasteiger partial charge in [-0.05, 0) is 36.8 Å². The lowest BCUT2D eigenvalue weighted by Gasteiger charge is -2.27. The van der Waals surface area contributed by atoms with Crippen LogP contribution in [0.1, 0.15) is 16.8 Å². The number of nitrogens with one attached hydrogen (secondary N) is 2. The topological polar surface area (TPSA) is 90.8 Å². The van der Waals surface area contributed by atoms with Crippen molar-refractivity contribution in [2.75, 3.05) is 60.9 Å². The Balaban J connectivity index is 1.46. The molecule has 0 radical (unpaired) electrons. The predicted octanol–water partition coefficient (Wildman–Crippen LogP) is 4.43. The van der Waals surface area contributed by atoms with E-state index in [9.17, 15) is 17.6 Å². The summed E-state index contributed by atoms with van der Waals surface area (Å²) in [4.78, 5) is 15.8. The molecule has 3 heterocycles. The molecule has 4 rings (SSSR count). The fraction of sp³-hybridized carbons (Fsp3) is 0.333. The van der Waals surface area contributed by atoms with Gasteiger partial charge in [-0.2, -0.15) is 23.3 Å². The minimum Gasteiger partial charge on any atom is -0.378 e. The summed E-state index contributed by atoms with van der Waals surface area (Å²) in [6.45, 7) is 3.83. The second kappa shape index (κ2) is 10.9. The SMILES string of the molecule is Cc1cc(/C=N/Nc2ncc(F)c(N3CCOCC3)n2)ncc1Nc1cc(N(C)C)cc(C(F)(F)F)c1. The van der Waals surface area contributed by atoms with Crippen LogP contribution < -0.4 is 20.5 Å². The van der Waals surface area contributed by atoms with Crippen molar-refractivity contribution in [2.24, 2.45) is 5.10 Å². The third kappa shape index (κ3) is 6.61. The van der Waals surface area contributed by atoms with E-state index in [0.717, 1.165) is 23.9 Å². The van der Waals surface area contributed by atoms with E-state index in [1.165, 1.54) is 12.4 Å². The number of nitrogens with zero attached hydrogens (tertiary/aromatic N) is 6. The quantitative estimate of drug-likeness (QED) is 0.270. The van der Waals surface area contributed by atoms with Crippen molar-refractivity contribution in [3.05, 3.63) is 59.3 Å². The molecule has 1 aromatic carbocycles. The number of anilines is 5. The van der Waals surface area contributed by atoms with Crippen molar-refractivity contribution < 1.29 is 22.3 Å². The number of hydrogen-bond donors (Lipinski definition) is 2. The standard InChI is InChI=1S/C24H26F4N8O/c1-15-8-18(12-31-34-23-30-13-20(25)22(33-23)36-4-6-37-7-5-36)29-14-21(15)32-17-9-16(24(26,27)28)10-19(11-17)35(2)3/h8-14,32H,4-7H2,1-3H3,(H,30,33,34)/b31-12+. The number of benzene rings is 1. The first-order valence-electron chi connectivity index (χ1n) is 11.4. The number of pyridine rings is 1. The van der Waals surface area contributed by atoms with E-state index in [0.29, 0.717) is 43.4 Å². The van der Waals surface area contributed by atoms with E-state index >= 15 is 0 Å². The number of rotatable bonds is 7. The summed E-state index contributed by atoms with van der Waals surface area (Å²) >= 11 is 0. The molecule has 1 fully saturated rings. The maximum atomic E-state index is 14.2. The molecule has 13 heteroatoms. The van der Waals surface area contributed by atoms with Gasteiger partial charge < -0.3 is 19.9 Å². The van der Waals surface area contributed by atoms with Crippen molar-refractivity contribution in [2.45, 2.75) is 13.1 Å². The molecule has 2 N–H and O–H groups in total. The summed E-state index contributed by atoms with van der Waals surface area (Å²) in [5.41, 5.74) is 4.40. The number of alkyl halides is 3. The highest BCUT2D eigenvalue weighted by atomic mass is 19.4. The van der Waals surface area contributed by atoms with E-state index < -0.39 is 17.6 Å². The first kappa shape index (κ1) is 26.1. The van der Waals surface area contributed by atoms with Gasteiger partial charge in [-0.25, -0.2) is 14.8 Å². The number of aryl methyl sites for hydroxylation is 1. The number of aromatic nitrogens is 3. The highest BCUT2D eigenvalue weighted by molar-refractivity contribution is 5.79. The van der Waals surface area contributed by atoms with Crippen LogP contribution in [0.3, 0.4) is 0 Å². The van der Waals surface area contributed by atoms with Crippen LogP contribution in [0.2, 0.25) is 0 Å². The fourth-order valence-corrected chi connectivity index (χ4v) is 3.60. The van der Waals surface area contributed by atoms with Crippen LogP contribution in [0.5, 0.6) is 0 Å². The zero-order valence-electron chi connectivity index (χ0n) is 20.5. The molecule has 0 atom stereocenters. The van der Waals surface area contributed by atoms with E-state index in [1.807, 2.05) is 0 Å². The van der Waals surface area contributed by atoms with Crippen LogP contribution in [0.15, 0.2) is 41.8 Å². The van der Waals surface area contributed by atoms with Crippen molar-refractivity contribution in [3.63, 3.8) is 0 Å². The number of hydrazone groups is 1. The average Bonchev–Trinajstić information content (AvgIpc) is 2.86. The molecule has 1 saturated heterocycles. The van der Waals surface area contributed by atoms with Gasteiger partial charge in [-0.3, -0.25) is 4.98 Å². The summed E-state index contributed by atoms with van der Waals surface area (Å²) in [6.07, 6.45) is -0.447. The van der Waals surface area contributed by atoms with Crippen LogP contribution in [0, 0.1) is 12.7 Å². The van der Waals surface area contributed by atoms with Gasteiger partial charge in [0.25, 0.3) is 0 Å². The zero-order chi connectivity index (χ0) is 26.6. The predicted molar refractivity (Wildman–Crippen MR) is 134 cm³/mol. The van der Waals surface area contributed by atoms with Gasteiger partial charge in [-0.1, -0.05) is 0 Å². The summed E-state index contributed by atoms with van der Waals surface area (Å²) in [5.74, 6) is -0.238. The first-order chi connectivity index (χ1) is 17.6. The molecular weight excluding hydrogens is 492 g/mol. The van der Waals surface area contributed by atoms with E-state index in [2.05, 4.69) is 30.8 Å². The van der Waals surface area contributed by atoms with Crippen LogP contribution in [0.4, 0.5) is 46.4 Å². The second-order valence-corrected chi connectivity index (χ2v) is 8.54. The average molecular weight is 519 g/mol. The minimum absolute atomic E-state index is 0.121. The van der Waals surface area contributed by atoms with E-state index in [-0.39, 0.29) is 17.5 Å². The van der Waals surface area contributed by atoms with Gasteiger partial charge in [0.05, 0.1) is 48.8 Å². The van der Waals surface area contributed by atoms with Gasteiger partial charge in [0.15, 0.2) is 11.6 Å². The molecule has 1 aliphatic rings. The maximum Gasteiger partial charge on any atom is 0.416 e. The smallest absolute Gasteiger partial charge is 0.378 e. The lowest BCUT2D eigenvalue weighted by atomic mass is 10.1. The summed E-state index contributed by atoms with van der Waals surface area (Å²) in [6, 6.07) is 5.50. The molecule has 0 amide bonds. The van der Waals surface area contributed by atoms with Crippen molar-refractivity contribution >= 4 is 35.0 Å². The first-order valence-corrected chi connectivity index (χ1v) is 11.4. The highest BCUT2D eigenvalue weighted by Gasteiger charge is 2.31. The Morgan fingerprint density at radius 1 is 1.08 bits per heavy atom. The van der Waals surface area contributed by atoms with E-state index in [4.69, 9.17) is 4.74 Å². The molecule has 0 spiro atoms. The molecule has 3 aromatic rings. The van der Waals surface area contributed by atoms with Gasteiger partial charge in [-0.15, -0.1) is 0 Å². The van der Waals surface area contributed by atoms with Gasteiger partial charge >= 0.3 is 6.18 Å². The largest absolute Gasteiger partial charge is 0.416 e. The Morgan fingerprint density at radius 2 is 1.84 bits per heavy atom. The zero-order valence-corrected chi connectivity index (χ0v) is 20.5. The Morgan fingerprint density at radius 3 is 2.51 bits per heavy atom. The third-order valence-corrected chi connectivity index (χ3v) is 5.57. The Kier molecular flexibility index (Phi) is 7.71. The van der Waals surface area contributed by atoms with Gasteiger partial charge in [0.1, 0.15) is 0 Å². The normalized spacial score (nSPS) is 14.2. The van der Waals surface area contributed by atoms with E-state index in [1.54, 1.807) is 43.0 Å². The van der Waals surface area contributed by atoms with Crippen LogP contribution in [-0.2, 0) is 10.9 Å². The Hall–Kier alpha value is -4.00. The molecule has 0 bridgehead atoms. The second-order valence-electron chi connectivity index (χ2n) is 8.54. The summed E-state index contributed by atoms with van der Waals surface area (Å²) in [7, 11) is 3.35. The van der Waals surface area contributed by atoms with Crippen LogP contribution in [0.25, 0.3) is 0 Å². The molecule has 2 aromatic heterocycles. The van der Waals surface area contributed by atoms with Crippen molar-refractivity contribution in [1.82, 2.24) is 15.0 Å².